The molecule has 2 bridgehead atoms. The van der Waals surface area contributed by atoms with Crippen LogP contribution < -0.4 is 5.32 Å². The average Bonchev–Trinajstić information content (AvgIpc) is 3.16. The first-order valence-corrected chi connectivity index (χ1v) is 8.32. The quantitative estimate of drug-likeness (QED) is 0.809. The monoisotopic (exact) mass is 331 g/mol. The third kappa shape index (κ3) is 3.00. The molecule has 0 spiro atoms. The normalized spacial score (nSPS) is 27.7. The van der Waals surface area contributed by atoms with Gasteiger partial charge in [-0.3, -0.25) is 9.59 Å². The van der Waals surface area contributed by atoms with Crippen LogP contribution in [0.3, 0.4) is 0 Å². The van der Waals surface area contributed by atoms with Gasteiger partial charge in [-0.15, -0.1) is 0 Å². The first-order chi connectivity index (χ1) is 11.5. The van der Waals surface area contributed by atoms with Gasteiger partial charge in [0.15, 0.2) is 0 Å². The van der Waals surface area contributed by atoms with Crippen LogP contribution in [0.1, 0.15) is 36.5 Å². The number of esters is 1. The number of carboxylic acids is 1. The number of amides is 1. The van der Waals surface area contributed by atoms with Crippen LogP contribution in [-0.2, 0) is 14.3 Å². The van der Waals surface area contributed by atoms with Gasteiger partial charge in [0.2, 0.25) is 5.91 Å². The number of carbonyl (C=O) groups excluding carboxylic acids is 2. The second-order valence-corrected chi connectivity index (χ2v) is 6.51. The molecule has 4 atom stereocenters. The minimum atomic E-state index is -0.875. The molecule has 2 saturated carbocycles. The van der Waals surface area contributed by atoms with E-state index in [4.69, 9.17) is 4.74 Å². The zero-order valence-corrected chi connectivity index (χ0v) is 13.5. The van der Waals surface area contributed by atoms with Gasteiger partial charge in [-0.05, 0) is 62.3 Å². The van der Waals surface area contributed by atoms with Gasteiger partial charge in [-0.2, -0.15) is 0 Å². The third-order valence-electron chi connectivity index (χ3n) is 5.17. The number of carbonyl (C=O) groups is 3. The van der Waals surface area contributed by atoms with Crippen molar-refractivity contribution in [3.8, 4) is 0 Å². The molecule has 2 N–H and O–H groups in total. The summed E-state index contributed by atoms with van der Waals surface area (Å²) < 4.78 is 4.91. The molecule has 1 aromatic rings. The molecule has 0 saturated heterocycles. The van der Waals surface area contributed by atoms with Gasteiger partial charge in [-0.25, -0.2) is 4.79 Å². The smallest absolute Gasteiger partial charge is 0.338 e. The predicted molar refractivity (Wildman–Crippen MR) is 86.5 cm³/mol. The predicted octanol–water partition coefficient (Wildman–Crippen LogP) is 2.55. The number of aliphatic carboxylic acids is 1. The highest BCUT2D eigenvalue weighted by atomic mass is 16.5. The van der Waals surface area contributed by atoms with Crippen LogP contribution in [0.25, 0.3) is 0 Å². The van der Waals surface area contributed by atoms with E-state index in [0.29, 0.717) is 17.9 Å². The Labute approximate surface area is 140 Å². The molecule has 1 amide bonds. The van der Waals surface area contributed by atoms with Gasteiger partial charge >= 0.3 is 11.9 Å². The summed E-state index contributed by atoms with van der Waals surface area (Å²) in [7, 11) is 0. The van der Waals surface area contributed by atoms with Crippen molar-refractivity contribution < 1.29 is 24.2 Å². The highest BCUT2D eigenvalue weighted by Crippen LogP contribution is 2.52. The Morgan fingerprint density at radius 1 is 1.12 bits per heavy atom. The van der Waals surface area contributed by atoms with Crippen LogP contribution in [0.2, 0.25) is 0 Å². The van der Waals surface area contributed by atoms with Gasteiger partial charge in [0.25, 0.3) is 0 Å². The molecular formula is C18H21NO5. The van der Waals surface area contributed by atoms with Crippen molar-refractivity contribution in [3.05, 3.63) is 29.8 Å². The fourth-order valence-corrected chi connectivity index (χ4v) is 4.15. The highest BCUT2D eigenvalue weighted by molar-refractivity contribution is 5.96. The highest BCUT2D eigenvalue weighted by Gasteiger charge is 2.53. The second kappa shape index (κ2) is 6.63. The van der Waals surface area contributed by atoms with E-state index in [9.17, 15) is 19.5 Å². The van der Waals surface area contributed by atoms with E-state index in [1.54, 1.807) is 31.2 Å². The van der Waals surface area contributed by atoms with Gasteiger partial charge in [0.05, 0.1) is 24.0 Å². The maximum atomic E-state index is 12.6. The van der Waals surface area contributed by atoms with Crippen molar-refractivity contribution in [1.82, 2.24) is 0 Å². The fourth-order valence-electron chi connectivity index (χ4n) is 4.15. The van der Waals surface area contributed by atoms with Crippen molar-refractivity contribution in [2.75, 3.05) is 11.9 Å². The van der Waals surface area contributed by atoms with Crippen molar-refractivity contribution >= 4 is 23.5 Å². The molecule has 0 radical (unpaired) electrons. The van der Waals surface area contributed by atoms with Crippen LogP contribution in [-0.4, -0.2) is 29.6 Å². The molecule has 2 aliphatic rings. The molecule has 1 aromatic carbocycles. The van der Waals surface area contributed by atoms with E-state index in [2.05, 4.69) is 5.32 Å². The van der Waals surface area contributed by atoms with E-state index >= 15 is 0 Å². The van der Waals surface area contributed by atoms with Crippen LogP contribution in [0.5, 0.6) is 0 Å². The fraction of sp³-hybridized carbons (Fsp3) is 0.500. The molecule has 0 aliphatic heterocycles. The molecule has 3 rings (SSSR count). The van der Waals surface area contributed by atoms with Crippen molar-refractivity contribution in [2.24, 2.45) is 23.7 Å². The van der Waals surface area contributed by atoms with Crippen molar-refractivity contribution in [1.29, 1.82) is 0 Å². The van der Waals surface area contributed by atoms with E-state index < -0.39 is 23.8 Å². The number of fused-ring (bicyclic) bond motifs is 2. The Balaban J connectivity index is 1.68. The summed E-state index contributed by atoms with van der Waals surface area (Å²) in [5.74, 6) is -2.29. The topological polar surface area (TPSA) is 92.7 Å². The van der Waals surface area contributed by atoms with E-state index in [0.717, 1.165) is 19.3 Å². The standard InChI is InChI=1S/C18H21NO5/c1-2-24-18(23)10-5-7-13(8-6-10)19-16(20)14-11-3-4-12(9-11)15(14)17(21)22/h5-8,11-12,14-15H,2-4,9H2,1H3,(H,19,20)(H,21,22)/t11-,12-,14+,15+/m0/s1. The maximum Gasteiger partial charge on any atom is 0.338 e. The number of ether oxygens (including phenoxy) is 1. The Bertz CT molecular complexity index is 654. The summed E-state index contributed by atoms with van der Waals surface area (Å²) in [4.78, 5) is 35.7. The number of carboxylic acid groups (broad SMARTS) is 1. The molecule has 2 aliphatic carbocycles. The lowest BCUT2D eigenvalue weighted by molar-refractivity contribution is -0.148. The molecule has 0 unspecified atom stereocenters. The third-order valence-corrected chi connectivity index (χ3v) is 5.17. The Kier molecular flexibility index (Phi) is 4.55. The summed E-state index contributed by atoms with van der Waals surface area (Å²) in [6, 6.07) is 6.44. The number of rotatable bonds is 5. The first kappa shape index (κ1) is 16.5. The molecule has 0 heterocycles. The largest absolute Gasteiger partial charge is 0.481 e. The van der Waals surface area contributed by atoms with Gasteiger partial charge in [0.1, 0.15) is 0 Å². The van der Waals surface area contributed by atoms with E-state index in [1.807, 2.05) is 0 Å². The van der Waals surface area contributed by atoms with Crippen LogP contribution in [0.15, 0.2) is 24.3 Å². The maximum absolute atomic E-state index is 12.6. The van der Waals surface area contributed by atoms with Crippen molar-refractivity contribution in [3.63, 3.8) is 0 Å². The summed E-state index contributed by atoms with van der Waals surface area (Å²) in [6.45, 7) is 2.04. The number of anilines is 1. The van der Waals surface area contributed by atoms with Gasteiger partial charge in [0, 0.05) is 5.69 Å². The number of hydrogen-bond donors (Lipinski definition) is 2. The molecular weight excluding hydrogens is 310 g/mol. The Morgan fingerprint density at radius 2 is 1.75 bits per heavy atom. The van der Waals surface area contributed by atoms with Gasteiger partial charge < -0.3 is 15.2 Å². The average molecular weight is 331 g/mol. The molecule has 2 fully saturated rings. The molecule has 0 aromatic heterocycles. The van der Waals surface area contributed by atoms with Gasteiger partial charge in [-0.1, -0.05) is 0 Å². The molecule has 6 heteroatoms. The zero-order chi connectivity index (χ0) is 17.3. The molecule has 128 valence electrons. The number of nitrogens with one attached hydrogen (secondary N) is 1. The summed E-state index contributed by atoms with van der Waals surface area (Å²) >= 11 is 0. The summed E-state index contributed by atoms with van der Waals surface area (Å²) in [6.07, 6.45) is 2.66. The SMILES string of the molecule is CCOC(=O)c1ccc(NC(=O)[C@@H]2[C@H]3CC[C@@H](C3)[C@H]2C(=O)O)cc1. The van der Waals surface area contributed by atoms with Crippen molar-refractivity contribution in [2.45, 2.75) is 26.2 Å². The van der Waals surface area contributed by atoms with E-state index in [1.165, 1.54) is 0 Å². The number of hydrogen-bond acceptors (Lipinski definition) is 4. The first-order valence-electron chi connectivity index (χ1n) is 8.32. The zero-order valence-electron chi connectivity index (χ0n) is 13.5. The lowest BCUT2D eigenvalue weighted by Gasteiger charge is -2.27. The second-order valence-electron chi connectivity index (χ2n) is 6.51. The Morgan fingerprint density at radius 3 is 2.33 bits per heavy atom. The van der Waals surface area contributed by atoms with E-state index in [-0.39, 0.29) is 17.7 Å². The summed E-state index contributed by atoms with van der Waals surface area (Å²) in [5, 5.41) is 12.2. The lowest BCUT2D eigenvalue weighted by atomic mass is 9.78. The van der Waals surface area contributed by atoms with Crippen LogP contribution in [0, 0.1) is 23.7 Å². The minimum Gasteiger partial charge on any atom is -0.481 e. The minimum absolute atomic E-state index is 0.120. The lowest BCUT2D eigenvalue weighted by Crippen LogP contribution is -2.37. The molecule has 24 heavy (non-hydrogen) atoms. The van der Waals surface area contributed by atoms with Crippen LogP contribution in [0.4, 0.5) is 5.69 Å². The Hall–Kier alpha value is -2.37. The summed E-state index contributed by atoms with van der Waals surface area (Å²) in [5.41, 5.74) is 0.971. The number of benzene rings is 1. The van der Waals surface area contributed by atoms with Crippen LogP contribution >= 0.6 is 0 Å². The molecule has 6 nitrogen and oxygen atoms in total.